The Morgan fingerprint density at radius 1 is 1.31 bits per heavy atom. The number of aromatic nitrogens is 6. The van der Waals surface area contributed by atoms with Gasteiger partial charge in [0.15, 0.2) is 5.65 Å². The van der Waals surface area contributed by atoms with Gasteiger partial charge in [-0.15, -0.1) is 20.4 Å². The van der Waals surface area contributed by atoms with Crippen molar-refractivity contribution < 1.29 is 4.79 Å². The fourth-order valence-corrected chi connectivity index (χ4v) is 3.39. The third kappa shape index (κ3) is 2.94. The summed E-state index contributed by atoms with van der Waals surface area (Å²) in [6, 6.07) is 3.73. The molecule has 26 heavy (non-hydrogen) atoms. The Balaban J connectivity index is 1.39. The van der Waals surface area contributed by atoms with E-state index < -0.39 is 0 Å². The molecular formula is C17H22N8O. The van der Waals surface area contributed by atoms with E-state index in [-0.39, 0.29) is 11.9 Å². The number of carbonyl (C=O) groups is 1. The maximum absolute atomic E-state index is 12.6. The normalized spacial score (nSPS) is 19.7. The molecule has 0 unspecified atom stereocenters. The molecule has 3 aromatic heterocycles. The fourth-order valence-electron chi connectivity index (χ4n) is 3.39. The molecular weight excluding hydrogens is 332 g/mol. The van der Waals surface area contributed by atoms with E-state index in [1.165, 1.54) is 0 Å². The van der Waals surface area contributed by atoms with Gasteiger partial charge >= 0.3 is 0 Å². The van der Waals surface area contributed by atoms with Crippen LogP contribution in [0.1, 0.15) is 40.8 Å². The second-order valence-corrected chi connectivity index (χ2v) is 7.09. The van der Waals surface area contributed by atoms with Crippen molar-refractivity contribution in [3.8, 4) is 0 Å². The molecule has 4 rings (SSSR count). The maximum Gasteiger partial charge on any atom is 0.255 e. The van der Waals surface area contributed by atoms with Gasteiger partial charge in [0, 0.05) is 25.2 Å². The minimum absolute atomic E-state index is 0.113. The number of hydrogen-bond donors (Lipinski definition) is 1. The third-order valence-electron chi connectivity index (χ3n) is 4.86. The largest absolute Gasteiger partial charge is 0.349 e. The lowest BCUT2D eigenvalue weighted by molar-refractivity contribution is 0.0908. The zero-order chi connectivity index (χ0) is 18.3. The lowest BCUT2D eigenvalue weighted by Gasteiger charge is -2.35. The topological polar surface area (TPSA) is 93.2 Å². The van der Waals surface area contributed by atoms with Crippen molar-refractivity contribution in [2.75, 3.05) is 14.1 Å². The van der Waals surface area contributed by atoms with Crippen molar-refractivity contribution in [2.24, 2.45) is 7.05 Å². The number of pyridine rings is 1. The quantitative estimate of drug-likeness (QED) is 0.721. The molecule has 1 fully saturated rings. The van der Waals surface area contributed by atoms with Crippen LogP contribution in [0.4, 0.5) is 0 Å². The number of nitrogens with one attached hydrogen (secondary N) is 1. The van der Waals surface area contributed by atoms with Crippen molar-refractivity contribution in [1.29, 1.82) is 0 Å². The van der Waals surface area contributed by atoms with Gasteiger partial charge in [-0.3, -0.25) is 9.20 Å². The van der Waals surface area contributed by atoms with E-state index in [1.54, 1.807) is 16.8 Å². The van der Waals surface area contributed by atoms with Crippen molar-refractivity contribution in [2.45, 2.75) is 31.3 Å². The Morgan fingerprint density at radius 2 is 2.12 bits per heavy atom. The van der Waals surface area contributed by atoms with Gasteiger partial charge in [0.25, 0.3) is 5.91 Å². The first-order chi connectivity index (χ1) is 12.5. The van der Waals surface area contributed by atoms with Gasteiger partial charge in [0.1, 0.15) is 18.0 Å². The summed E-state index contributed by atoms with van der Waals surface area (Å²) in [6.07, 6.45) is 5.15. The predicted molar refractivity (Wildman–Crippen MR) is 94.6 cm³/mol. The molecule has 0 saturated heterocycles. The van der Waals surface area contributed by atoms with Gasteiger partial charge in [-0.25, -0.2) is 0 Å². The molecule has 0 atom stereocenters. The molecule has 1 saturated carbocycles. The highest BCUT2D eigenvalue weighted by molar-refractivity contribution is 5.99. The van der Waals surface area contributed by atoms with Crippen LogP contribution in [0.25, 0.3) is 5.65 Å². The van der Waals surface area contributed by atoms with E-state index in [0.29, 0.717) is 17.1 Å². The summed E-state index contributed by atoms with van der Waals surface area (Å²) in [7, 11) is 6.03. The number of amides is 1. The first-order valence-electron chi connectivity index (χ1n) is 8.65. The lowest BCUT2D eigenvalue weighted by Crippen LogP contribution is -2.44. The highest BCUT2D eigenvalue weighted by Gasteiger charge is 2.35. The summed E-state index contributed by atoms with van der Waals surface area (Å²) in [4.78, 5) is 14.6. The summed E-state index contributed by atoms with van der Waals surface area (Å²) in [5.41, 5.74) is 1.11. The molecule has 3 aromatic rings. The van der Waals surface area contributed by atoms with Crippen LogP contribution in [0.5, 0.6) is 0 Å². The predicted octanol–water partition coefficient (Wildman–Crippen LogP) is 0.595. The van der Waals surface area contributed by atoms with Crippen LogP contribution in [0.15, 0.2) is 24.7 Å². The number of fused-ring (bicyclic) bond motifs is 1. The van der Waals surface area contributed by atoms with Gasteiger partial charge in [-0.05, 0) is 39.1 Å². The van der Waals surface area contributed by atoms with E-state index in [2.05, 4.69) is 35.2 Å². The molecule has 1 amide bonds. The van der Waals surface area contributed by atoms with E-state index in [4.69, 9.17) is 0 Å². The Kier molecular flexibility index (Phi) is 4.15. The van der Waals surface area contributed by atoms with Gasteiger partial charge in [-0.1, -0.05) is 0 Å². The minimum atomic E-state index is -0.113. The second kappa shape index (κ2) is 6.49. The van der Waals surface area contributed by atoms with Crippen LogP contribution in [0.2, 0.25) is 0 Å². The molecule has 1 N–H and O–H groups in total. The van der Waals surface area contributed by atoms with Crippen LogP contribution >= 0.6 is 0 Å². The minimum Gasteiger partial charge on any atom is -0.349 e. The second-order valence-electron chi connectivity index (χ2n) is 7.09. The van der Waals surface area contributed by atoms with Crippen molar-refractivity contribution in [1.82, 2.24) is 39.6 Å². The van der Waals surface area contributed by atoms with E-state index in [9.17, 15) is 4.79 Å². The van der Waals surface area contributed by atoms with Crippen LogP contribution in [-0.2, 0) is 13.6 Å². The lowest BCUT2D eigenvalue weighted by atomic mass is 9.79. The van der Waals surface area contributed by atoms with Gasteiger partial charge in [0.05, 0.1) is 12.1 Å². The van der Waals surface area contributed by atoms with Crippen molar-refractivity contribution in [3.63, 3.8) is 0 Å². The van der Waals surface area contributed by atoms with Gasteiger partial charge in [-0.2, -0.15) is 0 Å². The molecule has 9 heteroatoms. The third-order valence-corrected chi connectivity index (χ3v) is 4.86. The molecule has 1 aliphatic carbocycles. The Morgan fingerprint density at radius 3 is 2.88 bits per heavy atom. The first-order valence-corrected chi connectivity index (χ1v) is 8.65. The zero-order valence-corrected chi connectivity index (χ0v) is 15.1. The van der Waals surface area contributed by atoms with Crippen LogP contribution < -0.4 is 5.32 Å². The molecule has 1 aliphatic rings. The Labute approximate surface area is 151 Å². The first kappa shape index (κ1) is 16.6. The molecule has 9 nitrogen and oxygen atoms in total. The van der Waals surface area contributed by atoms with Crippen LogP contribution in [0.3, 0.4) is 0 Å². The van der Waals surface area contributed by atoms with E-state index >= 15 is 0 Å². The fraction of sp³-hybridized carbons (Fsp3) is 0.471. The SMILES string of the molecule is CN(C)Cc1nnc(C2CC(NC(=O)c3cccn4cnnc34)C2)n1C. The summed E-state index contributed by atoms with van der Waals surface area (Å²) in [5.74, 6) is 2.17. The van der Waals surface area contributed by atoms with Crippen molar-refractivity contribution in [3.05, 3.63) is 41.9 Å². The summed E-state index contributed by atoms with van der Waals surface area (Å²) < 4.78 is 3.81. The Hall–Kier alpha value is -2.81. The summed E-state index contributed by atoms with van der Waals surface area (Å²) in [5, 5.41) is 19.6. The number of carbonyl (C=O) groups excluding carboxylic acids is 1. The molecule has 0 spiro atoms. The standard InChI is InChI=1S/C17H22N8O/c1-23(2)9-14-20-22-15(24(14)3)11-7-12(8-11)19-17(26)13-5-4-6-25-10-18-21-16(13)25/h4-6,10-12H,7-9H2,1-3H3,(H,19,26). The molecule has 0 bridgehead atoms. The van der Waals surface area contributed by atoms with E-state index in [0.717, 1.165) is 31.0 Å². The van der Waals surface area contributed by atoms with Crippen LogP contribution in [-0.4, -0.2) is 60.3 Å². The number of rotatable bonds is 5. The number of hydrogen-bond acceptors (Lipinski definition) is 6. The smallest absolute Gasteiger partial charge is 0.255 e. The molecule has 136 valence electrons. The summed E-state index contributed by atoms with van der Waals surface area (Å²) in [6.45, 7) is 0.763. The molecule has 0 aliphatic heterocycles. The average Bonchev–Trinajstić information content (AvgIpc) is 3.17. The van der Waals surface area contributed by atoms with Gasteiger partial charge in [0.2, 0.25) is 0 Å². The highest BCUT2D eigenvalue weighted by Crippen LogP contribution is 2.36. The average molecular weight is 354 g/mol. The van der Waals surface area contributed by atoms with Crippen molar-refractivity contribution >= 4 is 11.6 Å². The zero-order valence-electron chi connectivity index (χ0n) is 15.1. The monoisotopic (exact) mass is 354 g/mol. The van der Waals surface area contributed by atoms with E-state index in [1.807, 2.05) is 33.4 Å². The maximum atomic E-state index is 12.6. The molecule has 0 aromatic carbocycles. The Bertz CT molecular complexity index is 937. The molecule has 3 heterocycles. The highest BCUT2D eigenvalue weighted by atomic mass is 16.1. The number of nitrogens with zero attached hydrogens (tertiary/aromatic N) is 7. The van der Waals surface area contributed by atoms with Gasteiger partial charge < -0.3 is 14.8 Å². The van der Waals surface area contributed by atoms with Crippen LogP contribution in [0, 0.1) is 0 Å². The molecule has 0 radical (unpaired) electrons. The summed E-state index contributed by atoms with van der Waals surface area (Å²) >= 11 is 0.